The molecule has 0 unspecified atom stereocenters. The Morgan fingerprint density at radius 3 is 1.70 bits per heavy atom. The van der Waals surface area contributed by atoms with Crippen molar-refractivity contribution in [1.82, 2.24) is 19.1 Å². The number of fused-ring (bicyclic) bond motifs is 13. The van der Waals surface area contributed by atoms with Gasteiger partial charge in [0, 0.05) is 54.8 Å². The maximum absolute atomic E-state index is 5.55. The Kier molecular flexibility index (Phi) is 6.98. The molecule has 3 heterocycles. The van der Waals surface area contributed by atoms with Crippen LogP contribution in [0.2, 0.25) is 0 Å². The number of benzene rings is 10. The van der Waals surface area contributed by atoms with Crippen molar-refractivity contribution < 1.29 is 0 Å². The van der Waals surface area contributed by atoms with Crippen molar-refractivity contribution in [2.24, 2.45) is 0 Å². The molecule has 0 saturated heterocycles. The van der Waals surface area contributed by atoms with E-state index in [0.29, 0.717) is 0 Å². The van der Waals surface area contributed by atoms with E-state index in [1.165, 1.54) is 48.9 Å². The minimum absolute atomic E-state index is 0.873. The van der Waals surface area contributed by atoms with Gasteiger partial charge in [-0.15, -0.1) is 0 Å². The predicted octanol–water partition coefficient (Wildman–Crippen LogP) is 14.6. The Labute approximate surface area is 344 Å². The first-order valence-corrected chi connectivity index (χ1v) is 20.5. The zero-order valence-corrected chi connectivity index (χ0v) is 32.4. The van der Waals surface area contributed by atoms with E-state index in [0.717, 1.165) is 72.0 Å². The number of hydrogen-bond donors (Lipinski definition) is 0. The smallest absolute Gasteiger partial charge is 0.0979 e. The summed E-state index contributed by atoms with van der Waals surface area (Å²) in [6, 6.07) is 74.3. The minimum Gasteiger partial charge on any atom is -0.309 e. The van der Waals surface area contributed by atoms with Gasteiger partial charge < -0.3 is 9.13 Å². The third kappa shape index (κ3) is 4.79. The van der Waals surface area contributed by atoms with Gasteiger partial charge in [0.2, 0.25) is 0 Å². The molecule has 0 amide bonds. The van der Waals surface area contributed by atoms with Crippen LogP contribution in [-0.4, -0.2) is 19.1 Å². The van der Waals surface area contributed by atoms with Gasteiger partial charge in [-0.1, -0.05) is 158 Å². The van der Waals surface area contributed by atoms with Crippen molar-refractivity contribution >= 4 is 87.0 Å². The molecular weight excluding hydrogens is 729 g/mol. The van der Waals surface area contributed by atoms with E-state index in [1.807, 2.05) is 6.07 Å². The quantitative estimate of drug-likeness (QED) is 0.167. The first-order chi connectivity index (χ1) is 29.8. The van der Waals surface area contributed by atoms with Crippen LogP contribution in [0.3, 0.4) is 0 Å². The largest absolute Gasteiger partial charge is 0.309 e. The fraction of sp³-hybridized carbons (Fsp3) is 0. The van der Waals surface area contributed by atoms with Gasteiger partial charge >= 0.3 is 0 Å². The molecule has 4 heteroatoms. The number of nitrogens with zero attached hydrogens (tertiary/aromatic N) is 4. The Morgan fingerprint density at radius 1 is 0.317 bits per heavy atom. The highest BCUT2D eigenvalue weighted by Crippen LogP contribution is 2.43. The second-order valence-electron chi connectivity index (χ2n) is 15.7. The van der Waals surface area contributed by atoms with Crippen molar-refractivity contribution in [3.63, 3.8) is 0 Å². The monoisotopic (exact) mass is 762 g/mol. The van der Waals surface area contributed by atoms with Crippen LogP contribution in [0.1, 0.15) is 0 Å². The summed E-state index contributed by atoms with van der Waals surface area (Å²) in [5, 5.41) is 11.9. The van der Waals surface area contributed by atoms with Gasteiger partial charge in [0.1, 0.15) is 0 Å². The zero-order chi connectivity index (χ0) is 39.3. The van der Waals surface area contributed by atoms with Gasteiger partial charge in [0.05, 0.1) is 44.5 Å². The van der Waals surface area contributed by atoms with Crippen LogP contribution in [0.25, 0.3) is 121 Å². The van der Waals surface area contributed by atoms with Crippen LogP contribution in [-0.2, 0) is 0 Å². The van der Waals surface area contributed by atoms with Crippen LogP contribution in [0, 0.1) is 0 Å². The molecule has 13 rings (SSSR count). The summed E-state index contributed by atoms with van der Waals surface area (Å²) >= 11 is 0. The normalized spacial score (nSPS) is 12.0. The average Bonchev–Trinajstić information content (AvgIpc) is 3.83. The second kappa shape index (κ2) is 12.7. The van der Waals surface area contributed by atoms with E-state index in [4.69, 9.17) is 9.97 Å². The lowest BCUT2D eigenvalue weighted by atomic mass is 9.98. The molecule has 0 atom stereocenters. The molecule has 0 bridgehead atoms. The van der Waals surface area contributed by atoms with Crippen molar-refractivity contribution in [2.75, 3.05) is 0 Å². The van der Waals surface area contributed by atoms with E-state index in [1.54, 1.807) is 0 Å². The maximum atomic E-state index is 5.55. The molecule has 0 N–H and O–H groups in total. The summed E-state index contributed by atoms with van der Waals surface area (Å²) in [4.78, 5) is 10.9. The molecule has 0 fully saturated rings. The molecule has 13 aromatic rings. The Balaban J connectivity index is 1.15. The molecule has 0 spiro atoms. The van der Waals surface area contributed by atoms with Gasteiger partial charge in [-0.05, 0) is 70.1 Å². The molecular formula is C56H34N4. The Morgan fingerprint density at radius 2 is 0.900 bits per heavy atom. The van der Waals surface area contributed by atoms with E-state index in [2.05, 4.69) is 209 Å². The summed E-state index contributed by atoms with van der Waals surface area (Å²) in [5.74, 6) is 0. The van der Waals surface area contributed by atoms with Gasteiger partial charge in [0.15, 0.2) is 0 Å². The van der Waals surface area contributed by atoms with Crippen molar-refractivity contribution in [2.45, 2.75) is 0 Å². The van der Waals surface area contributed by atoms with Crippen LogP contribution in [0.4, 0.5) is 0 Å². The fourth-order valence-corrected chi connectivity index (χ4v) is 9.74. The third-order valence-electron chi connectivity index (χ3n) is 12.4. The van der Waals surface area contributed by atoms with Gasteiger partial charge in [-0.2, -0.15) is 0 Å². The summed E-state index contributed by atoms with van der Waals surface area (Å²) in [5.41, 5.74) is 12.6. The fourth-order valence-electron chi connectivity index (χ4n) is 9.74. The van der Waals surface area contributed by atoms with E-state index in [9.17, 15) is 0 Å². The summed E-state index contributed by atoms with van der Waals surface area (Å²) < 4.78 is 4.91. The molecule has 3 aromatic heterocycles. The van der Waals surface area contributed by atoms with Crippen LogP contribution < -0.4 is 0 Å². The van der Waals surface area contributed by atoms with Crippen molar-refractivity contribution in [1.29, 1.82) is 0 Å². The zero-order valence-electron chi connectivity index (χ0n) is 32.4. The first-order valence-electron chi connectivity index (χ1n) is 20.5. The number of para-hydroxylation sites is 2. The third-order valence-corrected chi connectivity index (χ3v) is 12.4. The van der Waals surface area contributed by atoms with Crippen molar-refractivity contribution in [3.05, 3.63) is 206 Å². The molecule has 0 aliphatic carbocycles. The Hall–Kier alpha value is -8.08. The first kappa shape index (κ1) is 32.9. The highest BCUT2D eigenvalue weighted by molar-refractivity contribution is 6.24. The summed E-state index contributed by atoms with van der Waals surface area (Å²) in [7, 11) is 0. The van der Waals surface area contributed by atoms with Crippen LogP contribution >= 0.6 is 0 Å². The average molecular weight is 763 g/mol. The second-order valence-corrected chi connectivity index (χ2v) is 15.7. The number of aromatic nitrogens is 4. The topological polar surface area (TPSA) is 35.6 Å². The predicted molar refractivity (Wildman–Crippen MR) is 252 cm³/mol. The molecule has 10 aromatic carbocycles. The molecule has 278 valence electrons. The van der Waals surface area contributed by atoms with E-state index < -0.39 is 0 Å². The molecule has 0 aliphatic rings. The van der Waals surface area contributed by atoms with Crippen LogP contribution in [0.5, 0.6) is 0 Å². The number of hydrogen-bond acceptors (Lipinski definition) is 2. The van der Waals surface area contributed by atoms with Gasteiger partial charge in [-0.3, -0.25) is 0 Å². The van der Waals surface area contributed by atoms with Crippen LogP contribution in [0.15, 0.2) is 206 Å². The summed E-state index contributed by atoms with van der Waals surface area (Å²) in [6.45, 7) is 0. The number of rotatable bonds is 4. The Bertz CT molecular complexity index is 3860. The molecule has 0 aliphatic heterocycles. The highest BCUT2D eigenvalue weighted by Gasteiger charge is 2.21. The lowest BCUT2D eigenvalue weighted by Gasteiger charge is -2.15. The summed E-state index contributed by atoms with van der Waals surface area (Å²) in [6.07, 6.45) is 0. The van der Waals surface area contributed by atoms with Gasteiger partial charge in [0.25, 0.3) is 0 Å². The van der Waals surface area contributed by atoms with E-state index >= 15 is 0 Å². The van der Waals surface area contributed by atoms with Gasteiger partial charge in [-0.25, -0.2) is 9.97 Å². The SMILES string of the molecule is c1ccc(-c2nc3ccc4ccc5ccc(-n6c7cc8c(cc7c7ccc9ccccc9c76)c6ccccc6n8-c6ccccc6)cc5c4c3nc2-c2ccccc2)cc1. The van der Waals surface area contributed by atoms with Crippen molar-refractivity contribution in [3.8, 4) is 33.9 Å². The maximum Gasteiger partial charge on any atom is 0.0979 e. The highest BCUT2D eigenvalue weighted by atomic mass is 15.0. The molecule has 60 heavy (non-hydrogen) atoms. The molecule has 0 radical (unpaired) electrons. The van der Waals surface area contributed by atoms with E-state index in [-0.39, 0.29) is 0 Å². The molecule has 0 saturated carbocycles. The minimum atomic E-state index is 0.873. The standard InChI is InChI=1S/C56H34N4/c1-4-15-38(16-5-1)53-54(39-17-6-2-7-18-39)58-55-48(57-53)31-28-37-25-24-36-26-29-41(32-45(36)52(37)55)60-51-34-50-46(33-47(51)44-30-27-35-14-10-11-21-42(35)56(44)60)43-22-12-13-23-49(43)59(50)40-19-8-3-9-20-40/h1-34H. The molecule has 4 nitrogen and oxygen atoms in total. The lowest BCUT2D eigenvalue weighted by Crippen LogP contribution is -1.98. The lowest BCUT2D eigenvalue weighted by molar-refractivity contribution is 1.17.